The number of hydrogen-bond acceptors (Lipinski definition) is 10. The summed E-state index contributed by atoms with van der Waals surface area (Å²) >= 11 is 0. The minimum absolute atomic E-state index is 0.256. The lowest BCUT2D eigenvalue weighted by Crippen LogP contribution is -2.60. The van der Waals surface area contributed by atoms with E-state index in [9.17, 15) is 40.5 Å². The van der Waals surface area contributed by atoms with Crippen molar-refractivity contribution in [2.24, 2.45) is 0 Å². The number of amides is 1. The van der Waals surface area contributed by atoms with Gasteiger partial charge >= 0.3 is 0 Å². The van der Waals surface area contributed by atoms with E-state index in [2.05, 4.69) is 43.5 Å². The molecule has 1 heterocycles. The van der Waals surface area contributed by atoms with Gasteiger partial charge in [0.1, 0.15) is 36.6 Å². The number of aliphatic hydroxyl groups excluding tert-OH is 7. The molecule has 0 radical (unpaired) electrons. The van der Waals surface area contributed by atoms with Gasteiger partial charge < -0.3 is 50.5 Å². The van der Waals surface area contributed by atoms with Crippen LogP contribution in [0.25, 0.3) is 0 Å². The van der Waals surface area contributed by atoms with Gasteiger partial charge in [0.2, 0.25) is 5.91 Å². The second-order valence-electron chi connectivity index (χ2n) is 22.9. The lowest BCUT2D eigenvalue weighted by molar-refractivity contribution is -0.303. The summed E-state index contributed by atoms with van der Waals surface area (Å²) in [5.74, 6) is -0.697. The largest absolute Gasteiger partial charge is 0.394 e. The molecule has 11 heteroatoms. The first-order valence-electron chi connectivity index (χ1n) is 32.3. The fraction of sp³-hybridized carbons (Fsp3) is 0.922. The highest BCUT2D eigenvalue weighted by molar-refractivity contribution is 5.80. The van der Waals surface area contributed by atoms with Crippen LogP contribution in [0.15, 0.2) is 24.3 Å². The van der Waals surface area contributed by atoms with E-state index < -0.39 is 74.2 Å². The molecule has 11 nitrogen and oxygen atoms in total. The van der Waals surface area contributed by atoms with Crippen LogP contribution in [0.4, 0.5) is 0 Å². The Hall–Kier alpha value is -1.41. The summed E-state index contributed by atoms with van der Waals surface area (Å²) in [6.45, 7) is 3.47. The quantitative estimate of drug-likeness (QED) is 0.0215. The Morgan fingerprint density at radius 3 is 1.19 bits per heavy atom. The molecular weight excluding hydrogens is 943 g/mol. The Bertz CT molecular complexity index is 1270. The van der Waals surface area contributed by atoms with Crippen LogP contribution in [0.5, 0.6) is 0 Å². The monoisotopic (exact) mass is 1070 g/mol. The van der Waals surface area contributed by atoms with Gasteiger partial charge in [0, 0.05) is 0 Å². The van der Waals surface area contributed by atoms with Crippen molar-refractivity contribution >= 4 is 5.91 Å². The first-order chi connectivity index (χ1) is 36.7. The Balaban J connectivity index is 2.21. The second-order valence-corrected chi connectivity index (χ2v) is 22.9. The van der Waals surface area contributed by atoms with E-state index in [1.165, 1.54) is 225 Å². The predicted octanol–water partition coefficient (Wildman–Crippen LogP) is 14.5. The third kappa shape index (κ3) is 41.3. The molecule has 0 spiro atoms. The van der Waals surface area contributed by atoms with Crippen LogP contribution in [0.1, 0.15) is 309 Å². The SMILES string of the molecule is CCCCC/C=C\C=C/CCCCCCCCCCCC(O)C(=O)NC(COC1OC(CO)C(O)C(O)C1O)C(O)C(O)CCCCCCCCCCCCCCCCCCCCCCCCCCCCCCCC. The molecule has 0 bridgehead atoms. The van der Waals surface area contributed by atoms with Crippen molar-refractivity contribution in [2.75, 3.05) is 13.2 Å². The zero-order valence-corrected chi connectivity index (χ0v) is 48.8. The van der Waals surface area contributed by atoms with Crippen molar-refractivity contribution in [3.8, 4) is 0 Å². The van der Waals surface area contributed by atoms with Crippen molar-refractivity contribution < 1.29 is 50.0 Å². The van der Waals surface area contributed by atoms with Crippen LogP contribution < -0.4 is 5.32 Å². The topological polar surface area (TPSA) is 189 Å². The van der Waals surface area contributed by atoms with Crippen LogP contribution in [-0.2, 0) is 14.3 Å². The van der Waals surface area contributed by atoms with Crippen molar-refractivity contribution in [3.05, 3.63) is 24.3 Å². The fourth-order valence-electron chi connectivity index (χ4n) is 10.6. The van der Waals surface area contributed by atoms with E-state index in [-0.39, 0.29) is 6.42 Å². The average Bonchev–Trinajstić information content (AvgIpc) is 3.41. The smallest absolute Gasteiger partial charge is 0.249 e. The molecular formula is C64H123NO10. The van der Waals surface area contributed by atoms with Crippen molar-refractivity contribution in [1.29, 1.82) is 0 Å². The normalized spacial score (nSPS) is 19.8. The lowest BCUT2D eigenvalue weighted by Gasteiger charge is -2.40. The molecule has 0 aromatic carbocycles. The number of ether oxygens (including phenoxy) is 2. The summed E-state index contributed by atoms with van der Waals surface area (Å²) in [5, 5.41) is 76.3. The molecule has 9 unspecified atom stereocenters. The van der Waals surface area contributed by atoms with Crippen LogP contribution in [0.3, 0.4) is 0 Å². The lowest BCUT2D eigenvalue weighted by atomic mass is 9.98. The van der Waals surface area contributed by atoms with Gasteiger partial charge in [-0.15, -0.1) is 0 Å². The van der Waals surface area contributed by atoms with E-state index >= 15 is 0 Å². The average molecular weight is 1070 g/mol. The molecule has 0 aliphatic carbocycles. The summed E-state index contributed by atoms with van der Waals surface area (Å²) < 4.78 is 11.2. The molecule has 9 atom stereocenters. The number of carbonyl (C=O) groups is 1. The number of unbranched alkanes of at least 4 members (excludes halogenated alkanes) is 41. The van der Waals surface area contributed by atoms with E-state index in [4.69, 9.17) is 9.47 Å². The van der Waals surface area contributed by atoms with Gasteiger partial charge in [0.25, 0.3) is 0 Å². The summed E-state index contributed by atoms with van der Waals surface area (Å²) in [5.41, 5.74) is 0. The summed E-state index contributed by atoms with van der Waals surface area (Å²) in [6.07, 6.45) is 53.9. The van der Waals surface area contributed by atoms with Gasteiger partial charge in [0.05, 0.1) is 25.4 Å². The molecule has 0 saturated carbocycles. The van der Waals surface area contributed by atoms with Crippen LogP contribution >= 0.6 is 0 Å². The molecule has 0 aromatic heterocycles. The Kier molecular flexibility index (Phi) is 50.8. The number of aliphatic hydroxyl groups is 7. The molecule has 1 aliphatic heterocycles. The van der Waals surface area contributed by atoms with E-state index in [1.54, 1.807) is 0 Å². The van der Waals surface area contributed by atoms with Crippen LogP contribution in [0, 0.1) is 0 Å². The van der Waals surface area contributed by atoms with Gasteiger partial charge in [-0.2, -0.15) is 0 Å². The highest BCUT2D eigenvalue weighted by atomic mass is 16.7. The number of hydrogen-bond donors (Lipinski definition) is 8. The van der Waals surface area contributed by atoms with Crippen molar-refractivity contribution in [3.63, 3.8) is 0 Å². The zero-order chi connectivity index (χ0) is 54.7. The van der Waals surface area contributed by atoms with E-state index in [1.807, 2.05) is 0 Å². The van der Waals surface area contributed by atoms with Gasteiger partial charge in [-0.25, -0.2) is 0 Å². The van der Waals surface area contributed by atoms with Gasteiger partial charge in [0.15, 0.2) is 6.29 Å². The molecule has 1 aliphatic rings. The van der Waals surface area contributed by atoms with Crippen molar-refractivity contribution in [2.45, 2.75) is 364 Å². The third-order valence-corrected chi connectivity index (χ3v) is 15.8. The fourth-order valence-corrected chi connectivity index (χ4v) is 10.6. The standard InChI is InChI=1S/C64H123NO10/c1-3-5-7-9-11-13-15-17-19-21-23-24-25-26-27-28-29-30-31-32-33-34-36-37-39-41-43-45-47-49-51-56(67)59(69)55(54-74-64-62(72)61(71)60(70)58(53-66)75-64)65-63(73)57(68)52-50-48-46-44-42-40-38-35-22-20-18-16-14-12-10-8-6-4-2/h12,14,16,18,55-62,64,66-72H,3-11,13,15,17,19-54H2,1-2H3,(H,65,73)/b14-12-,18-16-. The second kappa shape index (κ2) is 53.2. The van der Waals surface area contributed by atoms with Gasteiger partial charge in [-0.1, -0.05) is 295 Å². The zero-order valence-electron chi connectivity index (χ0n) is 48.8. The molecule has 0 aromatic rings. The first-order valence-corrected chi connectivity index (χ1v) is 32.3. The Morgan fingerprint density at radius 2 is 0.800 bits per heavy atom. The molecule has 75 heavy (non-hydrogen) atoms. The minimum atomic E-state index is -1.66. The maximum atomic E-state index is 13.2. The molecule has 1 rings (SSSR count). The summed E-state index contributed by atoms with van der Waals surface area (Å²) in [4.78, 5) is 13.2. The first kappa shape index (κ1) is 71.6. The highest BCUT2D eigenvalue weighted by Crippen LogP contribution is 2.24. The van der Waals surface area contributed by atoms with E-state index in [0.29, 0.717) is 19.3 Å². The predicted molar refractivity (Wildman–Crippen MR) is 312 cm³/mol. The molecule has 444 valence electrons. The molecule has 8 N–H and O–H groups in total. The molecule has 1 amide bonds. The number of nitrogens with one attached hydrogen (secondary N) is 1. The molecule has 1 saturated heterocycles. The number of allylic oxidation sites excluding steroid dienone is 4. The third-order valence-electron chi connectivity index (χ3n) is 15.8. The Labute approximate surface area is 461 Å². The van der Waals surface area contributed by atoms with Crippen LogP contribution in [-0.4, -0.2) is 110 Å². The minimum Gasteiger partial charge on any atom is -0.394 e. The van der Waals surface area contributed by atoms with Crippen molar-refractivity contribution in [1.82, 2.24) is 5.32 Å². The van der Waals surface area contributed by atoms with Gasteiger partial charge in [-0.05, 0) is 38.5 Å². The molecule has 1 fully saturated rings. The number of rotatable bonds is 56. The number of carbonyl (C=O) groups excluding carboxylic acids is 1. The maximum Gasteiger partial charge on any atom is 0.249 e. The van der Waals surface area contributed by atoms with Crippen LogP contribution in [0.2, 0.25) is 0 Å². The summed E-state index contributed by atoms with van der Waals surface area (Å²) in [6, 6.07) is -1.17. The highest BCUT2D eigenvalue weighted by Gasteiger charge is 2.44. The Morgan fingerprint density at radius 1 is 0.467 bits per heavy atom. The van der Waals surface area contributed by atoms with Gasteiger partial charge in [-0.3, -0.25) is 4.79 Å². The maximum absolute atomic E-state index is 13.2. The summed E-state index contributed by atoms with van der Waals surface area (Å²) in [7, 11) is 0. The van der Waals surface area contributed by atoms with E-state index in [0.717, 1.165) is 44.9 Å².